The number of para-hydroxylation sites is 1. The van der Waals surface area contributed by atoms with E-state index >= 15 is 0 Å². The molecule has 1 atom stereocenters. The van der Waals surface area contributed by atoms with Gasteiger partial charge in [0.1, 0.15) is 6.04 Å². The molecule has 0 saturated carbocycles. The molecule has 5 rings (SSSR count). The van der Waals surface area contributed by atoms with Gasteiger partial charge in [0.2, 0.25) is 11.1 Å². The third-order valence-electron chi connectivity index (χ3n) is 6.31. The zero-order valence-electron chi connectivity index (χ0n) is 20.9. The van der Waals surface area contributed by atoms with E-state index in [4.69, 9.17) is 10.1 Å². The van der Waals surface area contributed by atoms with Crippen LogP contribution in [0.4, 0.5) is 11.6 Å². The average molecular weight is 496 g/mol. The smallest absolute Gasteiger partial charge is 0.255 e. The molecule has 2 N–H and O–H groups in total. The van der Waals surface area contributed by atoms with Gasteiger partial charge in [0.15, 0.2) is 0 Å². The van der Waals surface area contributed by atoms with Crippen LogP contribution < -0.4 is 10.6 Å². The minimum atomic E-state index is -0.397. The lowest BCUT2D eigenvalue weighted by molar-refractivity contribution is -0.113. The third kappa shape index (κ3) is 4.93. The first-order chi connectivity index (χ1) is 17.4. The number of aromatic nitrogens is 3. The molecule has 7 heteroatoms. The number of carbonyl (C=O) groups excluding carboxylic acids is 1. The summed E-state index contributed by atoms with van der Waals surface area (Å²) in [6, 6.07) is 24.1. The Morgan fingerprint density at radius 3 is 2.50 bits per heavy atom. The van der Waals surface area contributed by atoms with E-state index in [-0.39, 0.29) is 5.91 Å². The first-order valence-electron chi connectivity index (χ1n) is 12.0. The molecule has 6 nitrogen and oxygen atoms in total. The summed E-state index contributed by atoms with van der Waals surface area (Å²) in [6.07, 6.45) is 0. The van der Waals surface area contributed by atoms with Crippen LogP contribution in [0, 0.1) is 20.8 Å². The van der Waals surface area contributed by atoms with Gasteiger partial charge >= 0.3 is 0 Å². The van der Waals surface area contributed by atoms with E-state index in [2.05, 4.69) is 73.0 Å². The molecule has 0 saturated heterocycles. The van der Waals surface area contributed by atoms with Crippen LogP contribution in [0.15, 0.2) is 89.2 Å². The Labute approximate surface area is 215 Å². The number of hydrogen-bond acceptors (Lipinski definition) is 5. The standard InChI is InChI=1S/C29H29N5OS/c1-18-12-14-23(15-13-18)26-25(27(35)31-24-11-6-5-9-20(24)3)21(4)30-28-32-29(33-34(26)28)36-17-22-10-7-8-19(2)16-22/h5-16,26H,17H2,1-4H3,(H,31,35)(H,30,32,33). The number of allylic oxidation sites excluding steroid dienone is 1. The van der Waals surface area contributed by atoms with Gasteiger partial charge in [-0.3, -0.25) is 4.79 Å². The molecule has 3 aromatic carbocycles. The van der Waals surface area contributed by atoms with Crippen LogP contribution in [0.1, 0.15) is 40.8 Å². The number of carbonyl (C=O) groups is 1. The van der Waals surface area contributed by atoms with Gasteiger partial charge in [-0.05, 0) is 50.5 Å². The second-order valence-electron chi connectivity index (χ2n) is 9.19. The Morgan fingerprint density at radius 1 is 0.972 bits per heavy atom. The number of benzene rings is 3. The molecule has 1 aliphatic heterocycles. The fourth-order valence-electron chi connectivity index (χ4n) is 4.40. The predicted octanol–water partition coefficient (Wildman–Crippen LogP) is 6.42. The van der Waals surface area contributed by atoms with E-state index in [9.17, 15) is 4.79 Å². The highest BCUT2D eigenvalue weighted by Crippen LogP contribution is 2.37. The molecule has 0 aliphatic carbocycles. The molecule has 1 unspecified atom stereocenters. The van der Waals surface area contributed by atoms with Crippen molar-refractivity contribution in [2.75, 3.05) is 10.6 Å². The fourth-order valence-corrected chi connectivity index (χ4v) is 5.17. The Hall–Kier alpha value is -3.84. The molecule has 2 heterocycles. The van der Waals surface area contributed by atoms with Crippen molar-refractivity contribution in [3.05, 3.63) is 112 Å². The minimum absolute atomic E-state index is 0.157. The molecule has 36 heavy (non-hydrogen) atoms. The number of anilines is 2. The summed E-state index contributed by atoms with van der Waals surface area (Å²) >= 11 is 1.59. The number of hydrogen-bond donors (Lipinski definition) is 2. The van der Waals surface area contributed by atoms with Gasteiger partial charge in [0, 0.05) is 17.1 Å². The summed E-state index contributed by atoms with van der Waals surface area (Å²) < 4.78 is 1.84. The van der Waals surface area contributed by atoms with Gasteiger partial charge in [-0.25, -0.2) is 4.68 Å². The first-order valence-corrected chi connectivity index (χ1v) is 12.9. The van der Waals surface area contributed by atoms with E-state index in [1.807, 2.05) is 42.8 Å². The highest BCUT2D eigenvalue weighted by atomic mass is 32.2. The van der Waals surface area contributed by atoms with E-state index in [1.54, 1.807) is 11.8 Å². The summed E-state index contributed by atoms with van der Waals surface area (Å²) in [6.45, 7) is 8.06. The molecular formula is C29H29N5OS. The van der Waals surface area contributed by atoms with Crippen LogP contribution in [0.2, 0.25) is 0 Å². The van der Waals surface area contributed by atoms with Crippen molar-refractivity contribution in [3.8, 4) is 0 Å². The summed E-state index contributed by atoms with van der Waals surface area (Å²) in [5.74, 6) is 1.25. The highest BCUT2D eigenvalue weighted by molar-refractivity contribution is 7.98. The largest absolute Gasteiger partial charge is 0.328 e. The van der Waals surface area contributed by atoms with Crippen molar-refractivity contribution in [1.82, 2.24) is 14.8 Å². The lowest BCUT2D eigenvalue weighted by atomic mass is 9.94. The van der Waals surface area contributed by atoms with Crippen LogP contribution >= 0.6 is 11.8 Å². The van der Waals surface area contributed by atoms with Crippen molar-refractivity contribution in [1.29, 1.82) is 0 Å². The number of thioether (sulfide) groups is 1. The second kappa shape index (κ2) is 10.0. The van der Waals surface area contributed by atoms with Gasteiger partial charge < -0.3 is 10.6 Å². The van der Waals surface area contributed by atoms with Gasteiger partial charge in [0.05, 0.1) is 5.57 Å². The fraction of sp³-hybridized carbons (Fsp3) is 0.207. The molecule has 0 bridgehead atoms. The zero-order valence-corrected chi connectivity index (χ0v) is 21.7. The Morgan fingerprint density at radius 2 is 1.75 bits per heavy atom. The van der Waals surface area contributed by atoms with Gasteiger partial charge in [-0.2, -0.15) is 4.98 Å². The highest BCUT2D eigenvalue weighted by Gasteiger charge is 2.34. The predicted molar refractivity (Wildman–Crippen MR) is 146 cm³/mol. The number of nitrogens with zero attached hydrogens (tertiary/aromatic N) is 3. The van der Waals surface area contributed by atoms with Crippen molar-refractivity contribution in [3.63, 3.8) is 0 Å². The summed E-state index contributed by atoms with van der Waals surface area (Å²) in [5, 5.41) is 12.0. The van der Waals surface area contributed by atoms with E-state index < -0.39 is 6.04 Å². The molecule has 1 aromatic heterocycles. The molecule has 1 amide bonds. The molecule has 0 fully saturated rings. The summed E-state index contributed by atoms with van der Waals surface area (Å²) in [7, 11) is 0. The van der Waals surface area contributed by atoms with Crippen molar-refractivity contribution in [2.45, 2.75) is 44.6 Å². The third-order valence-corrected chi connectivity index (χ3v) is 7.22. The first kappa shape index (κ1) is 23.9. The lowest BCUT2D eigenvalue weighted by Gasteiger charge is -2.29. The molecule has 1 aliphatic rings. The Kier molecular flexibility index (Phi) is 6.65. The second-order valence-corrected chi connectivity index (χ2v) is 10.1. The maximum absolute atomic E-state index is 13.7. The van der Waals surface area contributed by atoms with Crippen LogP contribution in [0.3, 0.4) is 0 Å². The number of nitrogens with one attached hydrogen (secondary N) is 2. The van der Waals surface area contributed by atoms with Crippen LogP contribution in [0.25, 0.3) is 0 Å². The quantitative estimate of drug-likeness (QED) is 0.302. The van der Waals surface area contributed by atoms with Crippen LogP contribution in [-0.2, 0) is 10.5 Å². The van der Waals surface area contributed by atoms with Crippen LogP contribution in [-0.4, -0.2) is 20.7 Å². The molecule has 4 aromatic rings. The molecular weight excluding hydrogens is 466 g/mol. The topological polar surface area (TPSA) is 71.8 Å². The zero-order chi connectivity index (χ0) is 25.2. The number of rotatable bonds is 6. The van der Waals surface area contributed by atoms with E-state index in [0.29, 0.717) is 16.7 Å². The van der Waals surface area contributed by atoms with Crippen molar-refractivity contribution in [2.24, 2.45) is 0 Å². The average Bonchev–Trinajstić information content (AvgIpc) is 3.26. The van der Waals surface area contributed by atoms with Crippen molar-refractivity contribution >= 4 is 29.3 Å². The van der Waals surface area contributed by atoms with E-state index in [1.165, 1.54) is 11.1 Å². The molecule has 0 radical (unpaired) electrons. The van der Waals surface area contributed by atoms with Gasteiger partial charge in [0.25, 0.3) is 5.91 Å². The summed E-state index contributed by atoms with van der Waals surface area (Å²) in [4.78, 5) is 18.4. The summed E-state index contributed by atoms with van der Waals surface area (Å²) in [5.41, 5.74) is 7.79. The van der Waals surface area contributed by atoms with E-state index in [0.717, 1.165) is 33.8 Å². The molecule has 182 valence electrons. The number of amides is 1. The number of fused-ring (bicyclic) bond motifs is 1. The lowest BCUT2D eigenvalue weighted by Crippen LogP contribution is -2.31. The normalized spacial score (nSPS) is 14.8. The maximum Gasteiger partial charge on any atom is 0.255 e. The maximum atomic E-state index is 13.7. The van der Waals surface area contributed by atoms with Crippen molar-refractivity contribution < 1.29 is 4.79 Å². The monoisotopic (exact) mass is 495 g/mol. The SMILES string of the molecule is CC1=C(C(=O)Nc2ccccc2C)C(c2ccc(C)cc2)n2nc(SCc3cccc(C)c3)nc2N1. The Balaban J connectivity index is 1.49. The molecule has 0 spiro atoms. The van der Waals surface area contributed by atoms with Gasteiger partial charge in [-0.15, -0.1) is 5.10 Å². The van der Waals surface area contributed by atoms with Gasteiger partial charge in [-0.1, -0.05) is 89.6 Å². The Bertz CT molecular complexity index is 1450. The minimum Gasteiger partial charge on any atom is -0.328 e. The number of aryl methyl sites for hydroxylation is 3. The van der Waals surface area contributed by atoms with Crippen LogP contribution in [0.5, 0.6) is 0 Å².